The first-order valence-corrected chi connectivity index (χ1v) is 23.5. The predicted molar refractivity (Wildman–Crippen MR) is 251 cm³/mol. The first kappa shape index (κ1) is 48.9. The lowest BCUT2D eigenvalue weighted by atomic mass is 9.70. The van der Waals surface area contributed by atoms with Crippen LogP contribution in [0.5, 0.6) is 17.2 Å². The lowest BCUT2D eigenvalue weighted by molar-refractivity contribution is -0.371. The number of aryl methyl sites for hydroxylation is 1. The molecule has 366 valence electrons. The minimum atomic E-state index is -3.21. The molecule has 4 aromatic carbocycles. The van der Waals surface area contributed by atoms with Crippen LogP contribution in [0.1, 0.15) is 145 Å². The maximum atomic E-state index is 15.7. The van der Waals surface area contributed by atoms with Gasteiger partial charge in [-0.25, -0.2) is 0 Å². The number of carbonyl (C=O) groups is 4. The number of aromatic hydroxyl groups is 1. The molecule has 4 bridgehead atoms. The van der Waals surface area contributed by atoms with Crippen molar-refractivity contribution in [2.45, 2.75) is 133 Å². The standard InChI is InChI=1S/C54H55NO15/c1-26-50(63)54(66,67)51(64)52(68-26)70-49-37-10-4-9-34(55)16-17-35(59)21-29-7-3-6-28(20-29)11-18-36-40(69-27(2)58)23-32(24-56)41-42(36)48(62)43(37)44(47(41)61)46(60)38(49)22-31-13-12-30-14-15-33-8-5-19-53(33,65)45(30)39(31)25-57/h3,6-7,11-13,18,20,23,25-26,33-35,50-52,56,59-60,63-67H,5,8,10,14-17,19,21-22,24,55H2,1-2H3. The van der Waals surface area contributed by atoms with Gasteiger partial charge in [-0.2, -0.15) is 0 Å². The number of hydrogen-bond acceptors (Lipinski definition) is 16. The highest BCUT2D eigenvalue weighted by atomic mass is 16.7. The van der Waals surface area contributed by atoms with Gasteiger partial charge in [-0.05, 0) is 110 Å². The second kappa shape index (κ2) is 18.9. The van der Waals surface area contributed by atoms with Crippen molar-refractivity contribution < 1.29 is 74.2 Å². The number of nitrogens with two attached hydrogens (primary N) is 1. The molecule has 1 aliphatic heterocycles. The van der Waals surface area contributed by atoms with E-state index in [9.17, 15) is 50.4 Å². The summed E-state index contributed by atoms with van der Waals surface area (Å²) >= 11 is 0. The van der Waals surface area contributed by atoms with Gasteiger partial charge in [0.2, 0.25) is 12.1 Å². The van der Waals surface area contributed by atoms with E-state index < -0.39 is 108 Å². The van der Waals surface area contributed by atoms with Crippen LogP contribution in [0, 0.1) is 17.8 Å². The Kier molecular flexibility index (Phi) is 13.2. The molecule has 4 aromatic rings. The van der Waals surface area contributed by atoms with Crippen LogP contribution in [0.4, 0.5) is 0 Å². The molecule has 1 heterocycles. The third kappa shape index (κ3) is 8.44. The quantitative estimate of drug-likeness (QED) is 0.0372. The highest BCUT2D eigenvalue weighted by Crippen LogP contribution is 2.53. The van der Waals surface area contributed by atoms with Gasteiger partial charge in [0, 0.05) is 58.7 Å². The zero-order chi connectivity index (χ0) is 50.0. The fourth-order valence-corrected chi connectivity index (χ4v) is 11.2. The molecule has 0 spiro atoms. The summed E-state index contributed by atoms with van der Waals surface area (Å²) in [6, 6.07) is 11.1. The Morgan fingerprint density at radius 1 is 0.943 bits per heavy atom. The maximum absolute atomic E-state index is 15.7. The van der Waals surface area contributed by atoms with Crippen LogP contribution < -0.4 is 15.2 Å². The van der Waals surface area contributed by atoms with E-state index in [1.807, 2.05) is 12.1 Å². The second-order valence-corrected chi connectivity index (χ2v) is 19.1. The molecule has 9 rings (SSSR count). The maximum Gasteiger partial charge on any atom is 0.308 e. The normalized spacial score (nSPS) is 26.7. The Morgan fingerprint density at radius 2 is 1.71 bits per heavy atom. The summed E-state index contributed by atoms with van der Waals surface area (Å²) in [5.41, 5.74) is 6.02. The molecular weight excluding hydrogens is 903 g/mol. The van der Waals surface area contributed by atoms with Gasteiger partial charge in [-0.3, -0.25) is 19.2 Å². The number of hydrogen-bond donors (Lipinski definition) is 9. The minimum absolute atomic E-state index is 0.0462. The van der Waals surface area contributed by atoms with E-state index in [-0.39, 0.29) is 75.4 Å². The molecule has 70 heavy (non-hydrogen) atoms. The SMILES string of the molecule is CC(=O)Oc1cc(CO)c2c3c1C=Cc1cccc(c1)CC(O)CCC(N)C#CCc1c(OC4OC(C)C(O)C(O)(O)C4O)c(Cc4ccc5c(c4C=O)C4(O)CCCC4CC5)c(O)c(c1C3=O)C2=O. The Balaban J connectivity index is 1.34. The minimum Gasteiger partial charge on any atom is -0.507 e. The molecule has 0 radical (unpaired) electrons. The molecule has 4 aliphatic carbocycles. The van der Waals surface area contributed by atoms with Gasteiger partial charge in [-0.15, -0.1) is 0 Å². The lowest BCUT2D eigenvalue weighted by Gasteiger charge is -2.44. The summed E-state index contributed by atoms with van der Waals surface area (Å²) in [6.45, 7) is 1.60. The van der Waals surface area contributed by atoms with Crippen LogP contribution in [0.25, 0.3) is 12.2 Å². The van der Waals surface area contributed by atoms with Gasteiger partial charge >= 0.3 is 5.97 Å². The molecule has 16 heteroatoms. The Morgan fingerprint density at radius 3 is 2.46 bits per heavy atom. The number of ketones is 2. The lowest BCUT2D eigenvalue weighted by Crippen LogP contribution is -2.67. The molecule has 5 aliphatic rings. The third-order valence-corrected chi connectivity index (χ3v) is 14.6. The fourth-order valence-electron chi connectivity index (χ4n) is 11.2. The highest BCUT2D eigenvalue weighted by molar-refractivity contribution is 6.32. The number of rotatable bonds is 7. The number of carbonyl (C=O) groups excluding carboxylic acids is 4. The second-order valence-electron chi connectivity index (χ2n) is 19.1. The number of phenols is 1. The van der Waals surface area contributed by atoms with Gasteiger partial charge < -0.3 is 60.8 Å². The average molecular weight is 958 g/mol. The summed E-state index contributed by atoms with van der Waals surface area (Å²) in [7, 11) is 0. The number of phenolic OH excluding ortho intramolecular Hbond substituents is 1. The van der Waals surface area contributed by atoms with Crippen LogP contribution in [-0.4, -0.2) is 107 Å². The van der Waals surface area contributed by atoms with Gasteiger partial charge in [-0.1, -0.05) is 54.3 Å². The highest BCUT2D eigenvalue weighted by Gasteiger charge is 2.55. The van der Waals surface area contributed by atoms with Crippen molar-refractivity contribution in [1.82, 2.24) is 0 Å². The van der Waals surface area contributed by atoms with E-state index in [2.05, 4.69) is 11.8 Å². The Labute approximate surface area is 403 Å². The number of aldehydes is 1. The van der Waals surface area contributed by atoms with Crippen molar-refractivity contribution in [2.75, 3.05) is 0 Å². The van der Waals surface area contributed by atoms with E-state index in [1.54, 1.807) is 30.3 Å². The van der Waals surface area contributed by atoms with E-state index in [1.165, 1.54) is 19.1 Å². The van der Waals surface area contributed by atoms with Crippen LogP contribution >= 0.6 is 0 Å². The molecule has 2 fully saturated rings. The molecule has 8 unspecified atom stereocenters. The number of esters is 1. The molecule has 0 aromatic heterocycles. The summed E-state index contributed by atoms with van der Waals surface area (Å²) in [6.07, 6.45) is -1.84. The predicted octanol–water partition coefficient (Wildman–Crippen LogP) is 3.19. The van der Waals surface area contributed by atoms with Gasteiger partial charge in [0.15, 0.2) is 24.0 Å². The molecule has 1 saturated heterocycles. The fraction of sp³-hybridized carbons (Fsp3) is 0.407. The Hall–Kier alpha value is -6.10. The van der Waals surface area contributed by atoms with Crippen molar-refractivity contribution in [3.63, 3.8) is 0 Å². The zero-order valence-corrected chi connectivity index (χ0v) is 38.6. The number of aliphatic hydroxyl groups is 7. The number of ether oxygens (including phenoxy) is 3. The van der Waals surface area contributed by atoms with Crippen molar-refractivity contribution in [3.8, 4) is 29.1 Å². The van der Waals surface area contributed by atoms with E-state index in [0.29, 0.717) is 36.7 Å². The Bertz CT molecular complexity index is 2930. The van der Waals surface area contributed by atoms with E-state index >= 15 is 9.59 Å². The summed E-state index contributed by atoms with van der Waals surface area (Å²) in [5.74, 6) is -1.46. The number of benzene rings is 4. The van der Waals surface area contributed by atoms with Crippen LogP contribution in [-0.2, 0) is 47.4 Å². The van der Waals surface area contributed by atoms with E-state index in [4.69, 9.17) is 19.9 Å². The van der Waals surface area contributed by atoms with Gasteiger partial charge in [0.25, 0.3) is 0 Å². The van der Waals surface area contributed by atoms with Crippen LogP contribution in [0.3, 0.4) is 0 Å². The van der Waals surface area contributed by atoms with Crippen molar-refractivity contribution >= 4 is 36.0 Å². The topological polar surface area (TPSA) is 284 Å². The molecule has 16 nitrogen and oxygen atoms in total. The zero-order valence-electron chi connectivity index (χ0n) is 38.6. The van der Waals surface area contributed by atoms with Crippen molar-refractivity contribution in [2.24, 2.45) is 11.7 Å². The van der Waals surface area contributed by atoms with Gasteiger partial charge in [0.05, 0.1) is 36.0 Å². The van der Waals surface area contributed by atoms with Gasteiger partial charge in [0.1, 0.15) is 23.4 Å². The molecule has 8 atom stereocenters. The monoisotopic (exact) mass is 957 g/mol. The largest absolute Gasteiger partial charge is 0.507 e. The number of fused-ring (bicyclic) bond motifs is 5. The first-order chi connectivity index (χ1) is 33.4. The molecular formula is C54H55NO15. The third-order valence-electron chi connectivity index (χ3n) is 14.6. The number of aliphatic hydroxyl groups excluding tert-OH is 4. The van der Waals surface area contributed by atoms with Crippen LogP contribution in [0.15, 0.2) is 42.5 Å². The first-order valence-electron chi connectivity index (χ1n) is 23.5. The molecule has 0 amide bonds. The van der Waals surface area contributed by atoms with Crippen LogP contribution in [0.2, 0.25) is 0 Å². The van der Waals surface area contributed by atoms with Crippen molar-refractivity contribution in [3.05, 3.63) is 120 Å². The van der Waals surface area contributed by atoms with Crippen molar-refractivity contribution in [1.29, 1.82) is 0 Å². The smallest absolute Gasteiger partial charge is 0.308 e. The molecule has 1 saturated carbocycles. The molecule has 10 N–H and O–H groups in total. The average Bonchev–Trinajstić information content (AvgIpc) is 3.73. The summed E-state index contributed by atoms with van der Waals surface area (Å²) in [5, 5.41) is 90.8. The summed E-state index contributed by atoms with van der Waals surface area (Å²) in [4.78, 5) is 57.1. The summed E-state index contributed by atoms with van der Waals surface area (Å²) < 4.78 is 17.9. The van der Waals surface area contributed by atoms with E-state index in [0.717, 1.165) is 30.9 Å².